The van der Waals surface area contributed by atoms with Gasteiger partial charge in [-0.3, -0.25) is 30.3 Å². The molecule has 0 spiro atoms. The molecule has 0 unspecified atom stereocenters. The first-order valence-corrected chi connectivity index (χ1v) is 10.8. The van der Waals surface area contributed by atoms with E-state index in [9.17, 15) is 30.3 Å². The Labute approximate surface area is 205 Å². The van der Waals surface area contributed by atoms with Crippen LogP contribution in [-0.4, -0.2) is 34.6 Å². The summed E-state index contributed by atoms with van der Waals surface area (Å²) in [6, 6.07) is 17.5. The predicted molar refractivity (Wildman–Crippen MR) is 128 cm³/mol. The molecule has 0 aliphatic carbocycles. The van der Waals surface area contributed by atoms with E-state index in [1.165, 1.54) is 54.6 Å². The quantitative estimate of drug-likeness (QED) is 0.224. The van der Waals surface area contributed by atoms with Crippen molar-refractivity contribution in [2.24, 2.45) is 5.41 Å². The van der Waals surface area contributed by atoms with Crippen LogP contribution in [0.25, 0.3) is 0 Å². The molecule has 0 aliphatic heterocycles. The van der Waals surface area contributed by atoms with Gasteiger partial charge >= 0.3 is 17.1 Å². The third-order valence-corrected chi connectivity index (χ3v) is 5.54. The summed E-state index contributed by atoms with van der Waals surface area (Å²) < 4.78 is 17.5. The van der Waals surface area contributed by atoms with Crippen LogP contribution in [0.5, 0.6) is 17.2 Å². The summed E-state index contributed by atoms with van der Waals surface area (Å²) >= 11 is 0. The van der Waals surface area contributed by atoms with Crippen LogP contribution in [0, 0.1) is 35.8 Å². The maximum atomic E-state index is 11.4. The molecule has 188 valence electrons. The summed E-state index contributed by atoms with van der Waals surface area (Å²) in [5, 5.41) is 34.2. The van der Waals surface area contributed by atoms with Crippen LogP contribution in [0.15, 0.2) is 72.8 Å². The summed E-state index contributed by atoms with van der Waals surface area (Å²) in [5.41, 5.74) is -1.69. The van der Waals surface area contributed by atoms with Crippen LogP contribution >= 0.6 is 0 Å². The molecule has 3 aromatic rings. The van der Waals surface area contributed by atoms with Crippen molar-refractivity contribution < 1.29 is 29.0 Å². The number of para-hydroxylation sites is 6. The molecular weight excluding hydrogens is 474 g/mol. The van der Waals surface area contributed by atoms with Gasteiger partial charge in [-0.05, 0) is 24.6 Å². The van der Waals surface area contributed by atoms with Crippen LogP contribution < -0.4 is 14.2 Å². The zero-order valence-corrected chi connectivity index (χ0v) is 19.3. The summed E-state index contributed by atoms with van der Waals surface area (Å²) in [6.45, 7) is 1.41. The average molecular weight is 497 g/mol. The molecule has 12 nitrogen and oxygen atoms in total. The van der Waals surface area contributed by atoms with Gasteiger partial charge in [0.05, 0.1) is 20.2 Å². The Balaban J connectivity index is 1.89. The average Bonchev–Trinajstić information content (AvgIpc) is 2.89. The number of nitro groups is 3. The molecule has 0 bridgehead atoms. The molecule has 0 radical (unpaired) electrons. The lowest BCUT2D eigenvalue weighted by Crippen LogP contribution is -2.40. The first-order chi connectivity index (χ1) is 17.3. The van der Waals surface area contributed by atoms with E-state index in [-0.39, 0.29) is 54.1 Å². The molecule has 0 N–H and O–H groups in total. The number of nitrogens with zero attached hydrogens (tertiary/aromatic N) is 3. The van der Waals surface area contributed by atoms with Crippen molar-refractivity contribution in [2.75, 3.05) is 19.8 Å². The van der Waals surface area contributed by atoms with E-state index in [2.05, 4.69) is 0 Å². The third kappa shape index (κ3) is 6.23. The highest BCUT2D eigenvalue weighted by molar-refractivity contribution is 5.47. The number of hydrogen-bond donors (Lipinski definition) is 0. The van der Waals surface area contributed by atoms with Crippen molar-refractivity contribution in [1.82, 2.24) is 0 Å². The number of benzene rings is 3. The maximum absolute atomic E-state index is 11.4. The predicted octanol–water partition coefficient (Wildman–Crippen LogP) is 5.34. The second-order valence-corrected chi connectivity index (χ2v) is 7.89. The van der Waals surface area contributed by atoms with E-state index in [1.54, 1.807) is 25.1 Å². The molecule has 0 heterocycles. The van der Waals surface area contributed by atoms with Gasteiger partial charge in [-0.15, -0.1) is 0 Å². The zero-order valence-electron chi connectivity index (χ0n) is 19.3. The van der Waals surface area contributed by atoms with Gasteiger partial charge in [-0.2, -0.15) is 0 Å². The number of ether oxygens (including phenoxy) is 3. The minimum absolute atomic E-state index is 0.0247. The molecule has 36 heavy (non-hydrogen) atoms. The fourth-order valence-corrected chi connectivity index (χ4v) is 3.31. The molecule has 0 atom stereocenters. The van der Waals surface area contributed by atoms with Gasteiger partial charge in [0.25, 0.3) is 0 Å². The zero-order chi connectivity index (χ0) is 26.1. The Bertz CT molecular complexity index is 1100. The molecule has 0 saturated carbocycles. The van der Waals surface area contributed by atoms with E-state index in [1.807, 2.05) is 0 Å². The molecule has 0 amide bonds. The highest BCUT2D eigenvalue weighted by atomic mass is 16.6. The Kier molecular flexibility index (Phi) is 8.34. The van der Waals surface area contributed by atoms with Crippen molar-refractivity contribution in [3.05, 3.63) is 103 Å². The number of hydrogen-bond acceptors (Lipinski definition) is 9. The van der Waals surface area contributed by atoms with Gasteiger partial charge in [0.1, 0.15) is 19.8 Å². The van der Waals surface area contributed by atoms with Gasteiger partial charge in [0.2, 0.25) is 0 Å². The smallest absolute Gasteiger partial charge is 0.310 e. The Morgan fingerprint density at radius 1 is 0.583 bits per heavy atom. The molecule has 0 saturated heterocycles. The number of rotatable bonds is 13. The highest BCUT2D eigenvalue weighted by Gasteiger charge is 2.34. The second kappa shape index (κ2) is 11.6. The first-order valence-electron chi connectivity index (χ1n) is 10.8. The molecule has 3 rings (SSSR count). The lowest BCUT2D eigenvalue weighted by atomic mass is 9.88. The van der Waals surface area contributed by atoms with Gasteiger partial charge in [-0.25, -0.2) is 0 Å². The van der Waals surface area contributed by atoms with Gasteiger partial charge < -0.3 is 14.2 Å². The topological polar surface area (TPSA) is 157 Å². The van der Waals surface area contributed by atoms with E-state index in [4.69, 9.17) is 14.2 Å². The van der Waals surface area contributed by atoms with Crippen LogP contribution in [-0.2, 0) is 0 Å². The van der Waals surface area contributed by atoms with E-state index >= 15 is 0 Å². The molecule has 3 aromatic carbocycles. The van der Waals surface area contributed by atoms with Crippen LogP contribution in [0.3, 0.4) is 0 Å². The molecular formula is C24H23N3O9. The summed E-state index contributed by atoms with van der Waals surface area (Å²) in [6.07, 6.45) is 0.356. The lowest BCUT2D eigenvalue weighted by molar-refractivity contribution is -0.386. The maximum Gasteiger partial charge on any atom is 0.310 e. The Hall–Kier alpha value is -4.74. The number of nitro benzene ring substituents is 3. The summed E-state index contributed by atoms with van der Waals surface area (Å²) in [4.78, 5) is 32.4. The largest absolute Gasteiger partial charge is 0.486 e. The third-order valence-electron chi connectivity index (χ3n) is 5.54. The normalized spacial score (nSPS) is 10.9. The van der Waals surface area contributed by atoms with Crippen molar-refractivity contribution in [3.63, 3.8) is 0 Å². The van der Waals surface area contributed by atoms with Crippen molar-refractivity contribution in [1.29, 1.82) is 0 Å². The standard InChI is InChI=1S/C24H23N3O9/c1-2-24(15-34-21-12-6-3-9-18(21)25(28)29,16-35-22-13-7-4-10-19(22)26(30)31)17-36-23-14-8-5-11-20(23)27(32)33/h3-14H,2,15-17H2,1H3. The minimum Gasteiger partial charge on any atom is -0.486 e. The SMILES string of the molecule is CCC(COc1ccccc1[N+](=O)[O-])(COc1ccccc1[N+](=O)[O-])COc1ccccc1[N+](=O)[O-]. The first kappa shape index (κ1) is 25.9. The fourth-order valence-electron chi connectivity index (χ4n) is 3.31. The van der Waals surface area contributed by atoms with Crippen LogP contribution in [0.2, 0.25) is 0 Å². The van der Waals surface area contributed by atoms with Crippen molar-refractivity contribution >= 4 is 17.1 Å². The van der Waals surface area contributed by atoms with Crippen molar-refractivity contribution in [3.8, 4) is 17.2 Å². The highest BCUT2D eigenvalue weighted by Crippen LogP contribution is 2.34. The molecule has 0 aliphatic rings. The Morgan fingerprint density at radius 2 is 0.861 bits per heavy atom. The Morgan fingerprint density at radius 3 is 1.11 bits per heavy atom. The minimum atomic E-state index is -0.989. The summed E-state index contributed by atoms with van der Waals surface area (Å²) in [7, 11) is 0. The molecule has 0 fully saturated rings. The molecule has 0 aromatic heterocycles. The van der Waals surface area contributed by atoms with Gasteiger partial charge in [0, 0.05) is 18.2 Å². The van der Waals surface area contributed by atoms with E-state index in [0.29, 0.717) is 6.42 Å². The monoisotopic (exact) mass is 497 g/mol. The van der Waals surface area contributed by atoms with Gasteiger partial charge in [0.15, 0.2) is 17.2 Å². The van der Waals surface area contributed by atoms with E-state index in [0.717, 1.165) is 0 Å². The molecule has 12 heteroatoms. The second-order valence-electron chi connectivity index (χ2n) is 7.89. The summed E-state index contributed by atoms with van der Waals surface area (Å²) in [5.74, 6) is 0.0742. The van der Waals surface area contributed by atoms with E-state index < -0.39 is 20.2 Å². The van der Waals surface area contributed by atoms with Gasteiger partial charge in [-0.1, -0.05) is 43.3 Å². The van der Waals surface area contributed by atoms with Crippen LogP contribution in [0.4, 0.5) is 17.1 Å². The lowest BCUT2D eigenvalue weighted by Gasteiger charge is -2.32. The van der Waals surface area contributed by atoms with Crippen molar-refractivity contribution in [2.45, 2.75) is 13.3 Å². The fraction of sp³-hybridized carbons (Fsp3) is 0.250. The van der Waals surface area contributed by atoms with Crippen LogP contribution in [0.1, 0.15) is 13.3 Å².